The van der Waals surface area contributed by atoms with Crippen molar-refractivity contribution in [2.75, 3.05) is 0 Å². The van der Waals surface area contributed by atoms with Gasteiger partial charge in [-0.25, -0.2) is 0 Å². The summed E-state index contributed by atoms with van der Waals surface area (Å²) in [5.74, 6) is 0. The molecule has 0 fully saturated rings. The zero-order chi connectivity index (χ0) is 25.9. The summed E-state index contributed by atoms with van der Waals surface area (Å²) >= 11 is 0. The Morgan fingerprint density at radius 2 is 0.950 bits per heavy atom. The maximum absolute atomic E-state index is 2.51. The summed E-state index contributed by atoms with van der Waals surface area (Å²) in [6, 6.07) is 47.8. The number of nitrogens with zero attached hydrogens (tertiary/aromatic N) is 1. The van der Waals surface area contributed by atoms with Crippen molar-refractivity contribution in [3.8, 4) is 22.3 Å². The normalized spacial score (nSPS) is 12.9. The lowest BCUT2D eigenvalue weighted by Crippen LogP contribution is -1.84. The lowest BCUT2D eigenvalue weighted by molar-refractivity contribution is 1.26. The van der Waals surface area contributed by atoms with E-state index in [-0.39, 0.29) is 0 Å². The first-order valence-electron chi connectivity index (χ1n) is 14.1. The topological polar surface area (TPSA) is 4.41 Å². The molecule has 2 aromatic heterocycles. The molecule has 0 bridgehead atoms. The van der Waals surface area contributed by atoms with Gasteiger partial charge in [0.1, 0.15) is 0 Å². The van der Waals surface area contributed by atoms with Gasteiger partial charge in [0, 0.05) is 21.5 Å². The van der Waals surface area contributed by atoms with Crippen LogP contribution in [0.2, 0.25) is 0 Å². The molecule has 0 radical (unpaired) electrons. The molecule has 0 atom stereocenters. The minimum absolute atomic E-state index is 1.02. The third-order valence-electron chi connectivity index (χ3n) is 9.26. The molecule has 7 aromatic carbocycles. The second-order valence-electron chi connectivity index (χ2n) is 11.4. The Balaban J connectivity index is 1.35. The van der Waals surface area contributed by atoms with Crippen molar-refractivity contribution < 1.29 is 0 Å². The van der Waals surface area contributed by atoms with Gasteiger partial charge in [0.25, 0.3) is 0 Å². The molecule has 10 rings (SSSR count). The number of rotatable bonds is 1. The van der Waals surface area contributed by atoms with E-state index in [0.717, 1.165) is 6.42 Å². The third-order valence-corrected chi connectivity index (χ3v) is 9.26. The molecule has 9 aromatic rings. The van der Waals surface area contributed by atoms with Crippen LogP contribution in [-0.4, -0.2) is 4.40 Å². The van der Waals surface area contributed by atoms with Crippen molar-refractivity contribution >= 4 is 59.6 Å². The first-order valence-corrected chi connectivity index (χ1v) is 14.1. The molecule has 0 saturated heterocycles. The molecule has 184 valence electrons. The Labute approximate surface area is 230 Å². The maximum atomic E-state index is 2.51. The smallest absolute Gasteiger partial charge is 0.0620 e. The second kappa shape index (κ2) is 7.28. The van der Waals surface area contributed by atoms with Crippen LogP contribution in [0, 0.1) is 0 Å². The standard InChI is InChI=1S/C39H23N/c1-3-9-25-21-37-33(17-23(25)7-1)35-19-30(27-13-14-29-15-28-11-5-6-12-31(28)32(29)16-27)20-36-34-18-24-8-2-4-10-26(24)22-38(34)40(37)39(35)36/h1-14,16-22H,15H2. The molecule has 0 N–H and O–H groups in total. The van der Waals surface area contributed by atoms with Crippen molar-refractivity contribution in [2.24, 2.45) is 0 Å². The van der Waals surface area contributed by atoms with E-state index in [1.807, 2.05) is 0 Å². The van der Waals surface area contributed by atoms with Crippen molar-refractivity contribution in [3.05, 3.63) is 139 Å². The molecule has 0 spiro atoms. The fraction of sp³-hybridized carbons (Fsp3) is 0.0256. The zero-order valence-corrected chi connectivity index (χ0v) is 21.8. The molecule has 1 heteroatoms. The molecular weight excluding hydrogens is 482 g/mol. The van der Waals surface area contributed by atoms with E-state index in [2.05, 4.69) is 132 Å². The summed E-state index contributed by atoms with van der Waals surface area (Å²) in [6.45, 7) is 0. The lowest BCUT2D eigenvalue weighted by atomic mass is 9.95. The van der Waals surface area contributed by atoms with Crippen molar-refractivity contribution in [3.63, 3.8) is 0 Å². The summed E-state index contributed by atoms with van der Waals surface area (Å²) in [5.41, 5.74) is 12.1. The van der Waals surface area contributed by atoms with E-state index in [1.165, 1.54) is 93.0 Å². The summed E-state index contributed by atoms with van der Waals surface area (Å²) in [7, 11) is 0. The van der Waals surface area contributed by atoms with Crippen LogP contribution in [-0.2, 0) is 6.42 Å². The van der Waals surface area contributed by atoms with Gasteiger partial charge in [0.2, 0.25) is 0 Å². The van der Waals surface area contributed by atoms with E-state index >= 15 is 0 Å². The summed E-state index contributed by atoms with van der Waals surface area (Å²) in [5, 5.41) is 10.4. The monoisotopic (exact) mass is 505 g/mol. The van der Waals surface area contributed by atoms with Gasteiger partial charge in [-0.3, -0.25) is 0 Å². The predicted molar refractivity (Wildman–Crippen MR) is 170 cm³/mol. The Bertz CT molecular complexity index is 2390. The van der Waals surface area contributed by atoms with Gasteiger partial charge in [-0.15, -0.1) is 0 Å². The molecule has 0 unspecified atom stereocenters. The number of benzene rings is 7. The molecule has 0 saturated carbocycles. The third kappa shape index (κ3) is 2.62. The van der Waals surface area contributed by atoms with Gasteiger partial charge in [-0.2, -0.15) is 0 Å². The van der Waals surface area contributed by atoms with Crippen molar-refractivity contribution in [2.45, 2.75) is 6.42 Å². The van der Waals surface area contributed by atoms with E-state index < -0.39 is 0 Å². The molecule has 1 aliphatic carbocycles. The van der Waals surface area contributed by atoms with Gasteiger partial charge in [0.15, 0.2) is 0 Å². The predicted octanol–water partition coefficient (Wildman–Crippen LogP) is 10.4. The van der Waals surface area contributed by atoms with Gasteiger partial charge < -0.3 is 4.40 Å². The minimum atomic E-state index is 1.02. The van der Waals surface area contributed by atoms with Crippen molar-refractivity contribution in [1.82, 2.24) is 4.40 Å². The molecule has 0 aliphatic heterocycles. The van der Waals surface area contributed by atoms with E-state index in [1.54, 1.807) is 0 Å². The number of fused-ring (bicyclic) bond motifs is 11. The van der Waals surface area contributed by atoms with Gasteiger partial charge in [-0.05, 0) is 104 Å². The number of hydrogen-bond donors (Lipinski definition) is 0. The highest BCUT2D eigenvalue weighted by Gasteiger charge is 2.22. The highest BCUT2D eigenvalue weighted by Crippen LogP contribution is 2.45. The Morgan fingerprint density at radius 1 is 0.400 bits per heavy atom. The molecular formula is C39H23N. The van der Waals surface area contributed by atoms with E-state index in [0.29, 0.717) is 0 Å². The zero-order valence-electron chi connectivity index (χ0n) is 21.8. The largest absolute Gasteiger partial charge is 0.308 e. The number of hydrogen-bond acceptors (Lipinski definition) is 0. The first kappa shape index (κ1) is 20.8. The highest BCUT2D eigenvalue weighted by atomic mass is 14.9. The van der Waals surface area contributed by atoms with Crippen LogP contribution >= 0.6 is 0 Å². The molecule has 1 aliphatic rings. The Hall–Kier alpha value is -5.14. The van der Waals surface area contributed by atoms with Crippen molar-refractivity contribution in [1.29, 1.82) is 0 Å². The SMILES string of the molecule is c1ccc2c(c1)Cc1ccc(-c3cc4c5cc6ccccc6cc5n5c6cc7ccccc7cc6c(c3)c45)cc1-2. The molecule has 0 amide bonds. The van der Waals surface area contributed by atoms with Gasteiger partial charge >= 0.3 is 0 Å². The molecule has 1 nitrogen and oxygen atoms in total. The van der Waals surface area contributed by atoms with Gasteiger partial charge in [0.05, 0.1) is 16.6 Å². The van der Waals surface area contributed by atoms with Crippen LogP contribution in [0.1, 0.15) is 11.1 Å². The average Bonchev–Trinajstić information content (AvgIpc) is 3.64. The number of aromatic nitrogens is 1. The van der Waals surface area contributed by atoms with Crippen LogP contribution in [0.5, 0.6) is 0 Å². The first-order chi connectivity index (χ1) is 19.8. The second-order valence-corrected chi connectivity index (χ2v) is 11.4. The molecule has 2 heterocycles. The van der Waals surface area contributed by atoms with Crippen LogP contribution in [0.25, 0.3) is 81.9 Å². The van der Waals surface area contributed by atoms with Crippen LogP contribution in [0.3, 0.4) is 0 Å². The molecule has 40 heavy (non-hydrogen) atoms. The summed E-state index contributed by atoms with van der Waals surface area (Å²) in [4.78, 5) is 0. The van der Waals surface area contributed by atoms with Gasteiger partial charge in [-0.1, -0.05) is 84.9 Å². The summed E-state index contributed by atoms with van der Waals surface area (Å²) in [6.07, 6.45) is 1.02. The Morgan fingerprint density at radius 3 is 1.60 bits per heavy atom. The average molecular weight is 506 g/mol. The highest BCUT2D eigenvalue weighted by molar-refractivity contribution is 6.27. The van der Waals surface area contributed by atoms with E-state index in [4.69, 9.17) is 0 Å². The van der Waals surface area contributed by atoms with Crippen LogP contribution in [0.15, 0.2) is 127 Å². The maximum Gasteiger partial charge on any atom is 0.0620 e. The fourth-order valence-electron chi connectivity index (χ4n) is 7.38. The van der Waals surface area contributed by atoms with Crippen LogP contribution < -0.4 is 0 Å². The quantitative estimate of drug-likeness (QED) is 0.209. The summed E-state index contributed by atoms with van der Waals surface area (Å²) < 4.78 is 2.51. The fourth-order valence-corrected chi connectivity index (χ4v) is 7.38. The minimum Gasteiger partial charge on any atom is -0.308 e. The van der Waals surface area contributed by atoms with Crippen LogP contribution in [0.4, 0.5) is 0 Å². The Kier molecular flexibility index (Phi) is 3.78. The lowest BCUT2D eigenvalue weighted by Gasteiger charge is -2.08. The van der Waals surface area contributed by atoms with E-state index in [9.17, 15) is 0 Å².